The Morgan fingerprint density at radius 2 is 1.80 bits per heavy atom. The molecule has 2 aliphatic carbocycles. The van der Waals surface area contributed by atoms with Crippen LogP contribution in [0.5, 0.6) is 0 Å². The zero-order chi connectivity index (χ0) is 14.2. The van der Waals surface area contributed by atoms with E-state index in [1.54, 1.807) is 0 Å². The van der Waals surface area contributed by atoms with E-state index in [1.807, 2.05) is 0 Å². The molecule has 2 fully saturated rings. The van der Waals surface area contributed by atoms with E-state index >= 15 is 0 Å². The summed E-state index contributed by atoms with van der Waals surface area (Å²) >= 11 is 0. The van der Waals surface area contributed by atoms with Gasteiger partial charge in [0.15, 0.2) is 0 Å². The first-order valence-corrected chi connectivity index (χ1v) is 7.76. The molecular weight excluding hydrogens is 256 g/mol. The minimum Gasteiger partial charge on any atom is -0.316 e. The van der Waals surface area contributed by atoms with Crippen LogP contribution in [0.1, 0.15) is 38.2 Å². The largest absolute Gasteiger partial charge is 0.316 e. The summed E-state index contributed by atoms with van der Waals surface area (Å²) in [5.74, 6) is 0.827. The monoisotopic (exact) mass is 279 g/mol. The molecular formula is C17H23F2N. The Balaban J connectivity index is 1.72. The van der Waals surface area contributed by atoms with Gasteiger partial charge in [0, 0.05) is 12.6 Å². The van der Waals surface area contributed by atoms with Gasteiger partial charge >= 0.3 is 0 Å². The van der Waals surface area contributed by atoms with Crippen molar-refractivity contribution in [3.63, 3.8) is 0 Å². The van der Waals surface area contributed by atoms with Crippen LogP contribution in [0.25, 0.3) is 0 Å². The third-order valence-corrected chi connectivity index (χ3v) is 4.89. The molecule has 1 aromatic carbocycles. The third kappa shape index (κ3) is 3.03. The first-order valence-electron chi connectivity index (χ1n) is 7.76. The lowest BCUT2D eigenvalue weighted by Crippen LogP contribution is -2.35. The second kappa shape index (κ2) is 5.44. The van der Waals surface area contributed by atoms with E-state index < -0.39 is 11.6 Å². The molecule has 1 aromatic rings. The van der Waals surface area contributed by atoms with E-state index in [1.165, 1.54) is 31.4 Å². The predicted molar refractivity (Wildman–Crippen MR) is 76.5 cm³/mol. The summed E-state index contributed by atoms with van der Waals surface area (Å²) < 4.78 is 26.7. The van der Waals surface area contributed by atoms with Crippen molar-refractivity contribution >= 4 is 0 Å². The minimum absolute atomic E-state index is 0.211. The fraction of sp³-hybridized carbons (Fsp3) is 0.647. The first kappa shape index (κ1) is 14.0. The molecule has 0 heterocycles. The van der Waals surface area contributed by atoms with Gasteiger partial charge in [-0.15, -0.1) is 0 Å². The van der Waals surface area contributed by atoms with Crippen molar-refractivity contribution in [3.8, 4) is 0 Å². The van der Waals surface area contributed by atoms with Gasteiger partial charge in [0.1, 0.15) is 11.6 Å². The molecule has 110 valence electrons. The van der Waals surface area contributed by atoms with E-state index in [9.17, 15) is 8.78 Å². The molecule has 1 nitrogen and oxygen atoms in total. The molecule has 0 saturated heterocycles. The van der Waals surface area contributed by atoms with E-state index in [4.69, 9.17) is 0 Å². The zero-order valence-corrected chi connectivity index (χ0v) is 12.1. The number of hydrogen-bond acceptors (Lipinski definition) is 1. The van der Waals surface area contributed by atoms with E-state index in [2.05, 4.69) is 12.2 Å². The average molecular weight is 279 g/mol. The zero-order valence-electron chi connectivity index (χ0n) is 12.1. The maximum absolute atomic E-state index is 13.4. The second-order valence-corrected chi connectivity index (χ2v) is 6.80. The quantitative estimate of drug-likeness (QED) is 0.778. The first-order chi connectivity index (χ1) is 9.60. The van der Waals surface area contributed by atoms with Crippen LogP contribution < -0.4 is 5.32 Å². The summed E-state index contributed by atoms with van der Waals surface area (Å²) in [4.78, 5) is 0. The van der Waals surface area contributed by atoms with Crippen LogP contribution in [0.3, 0.4) is 0 Å². The molecule has 2 atom stereocenters. The lowest BCUT2D eigenvalue weighted by molar-refractivity contribution is 0.248. The molecule has 0 amide bonds. The molecule has 0 radical (unpaired) electrons. The van der Waals surface area contributed by atoms with Crippen molar-refractivity contribution in [3.05, 3.63) is 35.4 Å². The van der Waals surface area contributed by atoms with Gasteiger partial charge in [-0.05, 0) is 73.6 Å². The minimum atomic E-state index is -0.458. The van der Waals surface area contributed by atoms with Gasteiger partial charge in [-0.2, -0.15) is 0 Å². The Morgan fingerprint density at radius 3 is 2.40 bits per heavy atom. The standard InChI is InChI=1S/C17H23F2N/c1-2-3-20-11-17(9-13-6-14(13)10-17)8-12-4-15(18)7-16(19)5-12/h4-5,7,13-14,20H,2-3,6,8-11H2,1H3. The molecule has 0 aromatic heterocycles. The Labute approximate surface area is 119 Å². The van der Waals surface area contributed by atoms with Crippen LogP contribution in [-0.2, 0) is 6.42 Å². The Morgan fingerprint density at radius 1 is 1.15 bits per heavy atom. The van der Waals surface area contributed by atoms with Crippen molar-refractivity contribution in [2.45, 2.75) is 39.0 Å². The van der Waals surface area contributed by atoms with Crippen LogP contribution in [0.4, 0.5) is 8.78 Å². The van der Waals surface area contributed by atoms with Gasteiger partial charge in [0.05, 0.1) is 0 Å². The maximum Gasteiger partial charge on any atom is 0.126 e. The molecule has 0 aliphatic heterocycles. The average Bonchev–Trinajstić information content (AvgIpc) is 2.96. The number of halogens is 2. The van der Waals surface area contributed by atoms with Crippen LogP contribution in [0, 0.1) is 28.9 Å². The summed E-state index contributed by atoms with van der Waals surface area (Å²) in [6, 6.07) is 3.95. The van der Waals surface area contributed by atoms with Gasteiger partial charge in [-0.1, -0.05) is 6.92 Å². The molecule has 2 saturated carbocycles. The molecule has 2 unspecified atom stereocenters. The van der Waals surface area contributed by atoms with Gasteiger partial charge in [-0.3, -0.25) is 0 Å². The Kier molecular flexibility index (Phi) is 3.80. The van der Waals surface area contributed by atoms with Gasteiger partial charge in [0.2, 0.25) is 0 Å². The normalized spacial score (nSPS) is 31.4. The van der Waals surface area contributed by atoms with Crippen LogP contribution in [0.15, 0.2) is 18.2 Å². The van der Waals surface area contributed by atoms with Gasteiger partial charge in [-0.25, -0.2) is 8.78 Å². The lowest BCUT2D eigenvalue weighted by Gasteiger charge is -2.31. The Hall–Kier alpha value is -0.960. The predicted octanol–water partition coefficient (Wildman–Crippen LogP) is 3.92. The van der Waals surface area contributed by atoms with Crippen LogP contribution in [-0.4, -0.2) is 13.1 Å². The van der Waals surface area contributed by atoms with Crippen LogP contribution in [0.2, 0.25) is 0 Å². The number of hydrogen-bond donors (Lipinski definition) is 1. The Bertz CT molecular complexity index is 456. The van der Waals surface area contributed by atoms with Crippen molar-refractivity contribution in [2.24, 2.45) is 17.3 Å². The maximum atomic E-state index is 13.4. The molecule has 0 spiro atoms. The molecule has 20 heavy (non-hydrogen) atoms. The topological polar surface area (TPSA) is 12.0 Å². The summed E-state index contributed by atoms with van der Waals surface area (Å²) in [5, 5.41) is 3.52. The lowest BCUT2D eigenvalue weighted by atomic mass is 9.77. The van der Waals surface area contributed by atoms with Crippen molar-refractivity contribution in [1.82, 2.24) is 5.32 Å². The van der Waals surface area contributed by atoms with E-state index in [0.717, 1.165) is 49.4 Å². The SMILES string of the molecule is CCCNCC1(Cc2cc(F)cc(F)c2)CC2CC2C1. The molecule has 3 heteroatoms. The molecule has 1 N–H and O–H groups in total. The van der Waals surface area contributed by atoms with E-state index in [-0.39, 0.29) is 5.41 Å². The number of benzene rings is 1. The highest BCUT2D eigenvalue weighted by molar-refractivity contribution is 5.21. The highest BCUT2D eigenvalue weighted by Crippen LogP contribution is 2.60. The summed E-state index contributed by atoms with van der Waals surface area (Å²) in [6.07, 6.45) is 5.72. The van der Waals surface area contributed by atoms with Crippen molar-refractivity contribution < 1.29 is 8.78 Å². The van der Waals surface area contributed by atoms with Crippen LogP contribution >= 0.6 is 0 Å². The van der Waals surface area contributed by atoms with Gasteiger partial charge in [0.25, 0.3) is 0 Å². The smallest absolute Gasteiger partial charge is 0.126 e. The van der Waals surface area contributed by atoms with Gasteiger partial charge < -0.3 is 5.32 Å². The summed E-state index contributed by atoms with van der Waals surface area (Å²) in [6.45, 7) is 4.16. The van der Waals surface area contributed by atoms with Crippen molar-refractivity contribution in [1.29, 1.82) is 0 Å². The number of rotatable bonds is 6. The highest BCUT2D eigenvalue weighted by atomic mass is 19.1. The fourth-order valence-corrected chi connectivity index (χ4v) is 4.03. The van der Waals surface area contributed by atoms with E-state index in [0.29, 0.717) is 0 Å². The summed E-state index contributed by atoms with van der Waals surface area (Å²) in [5.41, 5.74) is 1.02. The fourth-order valence-electron chi connectivity index (χ4n) is 4.03. The highest BCUT2D eigenvalue weighted by Gasteiger charge is 2.53. The second-order valence-electron chi connectivity index (χ2n) is 6.80. The molecule has 3 rings (SSSR count). The summed E-state index contributed by atoms with van der Waals surface area (Å²) in [7, 11) is 0. The third-order valence-electron chi connectivity index (χ3n) is 4.89. The molecule has 0 bridgehead atoms. The molecule has 2 aliphatic rings. The van der Waals surface area contributed by atoms with Crippen molar-refractivity contribution in [2.75, 3.05) is 13.1 Å². The number of nitrogens with one attached hydrogen (secondary N) is 1. The number of fused-ring (bicyclic) bond motifs is 1.